The second kappa shape index (κ2) is 7.17. The number of likely N-dealkylation sites (N-methyl/N-ethyl adjacent to an activating group) is 1. The second-order valence-corrected chi connectivity index (χ2v) is 5.82. The van der Waals surface area contributed by atoms with Crippen molar-refractivity contribution in [3.8, 4) is 0 Å². The number of hydrogen-bond donors (Lipinski definition) is 0. The Balaban J connectivity index is 1.79. The van der Waals surface area contributed by atoms with Crippen molar-refractivity contribution in [2.75, 3.05) is 14.1 Å². The van der Waals surface area contributed by atoms with Gasteiger partial charge in [0.15, 0.2) is 5.58 Å². The predicted octanol–water partition coefficient (Wildman–Crippen LogP) is 2.74. The van der Waals surface area contributed by atoms with Gasteiger partial charge in [-0.05, 0) is 12.1 Å². The minimum absolute atomic E-state index is 0.0684. The molecule has 0 saturated heterocycles. The molecular weight excluding hydrogens is 320 g/mol. The van der Waals surface area contributed by atoms with Crippen LogP contribution < -0.4 is 0 Å². The summed E-state index contributed by atoms with van der Waals surface area (Å²) in [4.78, 5) is 26.2. The van der Waals surface area contributed by atoms with Gasteiger partial charge < -0.3 is 14.2 Å². The lowest BCUT2D eigenvalue weighted by atomic mass is 10.1. The Labute approximate surface area is 145 Å². The number of benzene rings is 2. The minimum atomic E-state index is -0.984. The van der Waals surface area contributed by atoms with E-state index in [4.69, 9.17) is 9.26 Å². The minimum Gasteiger partial charge on any atom is -0.447 e. The first kappa shape index (κ1) is 16.7. The second-order valence-electron chi connectivity index (χ2n) is 5.82. The molecule has 0 bridgehead atoms. The maximum absolute atomic E-state index is 12.4. The van der Waals surface area contributed by atoms with Crippen LogP contribution in [0.2, 0.25) is 0 Å². The van der Waals surface area contributed by atoms with Gasteiger partial charge >= 0.3 is 5.97 Å². The van der Waals surface area contributed by atoms with Crippen LogP contribution in [0.5, 0.6) is 0 Å². The summed E-state index contributed by atoms with van der Waals surface area (Å²) in [5.41, 5.74) is 1.72. The monoisotopic (exact) mass is 338 g/mol. The van der Waals surface area contributed by atoms with E-state index in [-0.39, 0.29) is 12.3 Å². The third kappa shape index (κ3) is 3.68. The van der Waals surface area contributed by atoms with Crippen LogP contribution in [-0.2, 0) is 20.7 Å². The van der Waals surface area contributed by atoms with Gasteiger partial charge in [-0.1, -0.05) is 47.6 Å². The molecular formula is C19H18N2O4. The summed E-state index contributed by atoms with van der Waals surface area (Å²) in [5.74, 6) is -0.840. The molecule has 2 aromatic carbocycles. The van der Waals surface area contributed by atoms with Crippen LogP contribution in [0.3, 0.4) is 0 Å². The molecule has 0 fully saturated rings. The smallest absolute Gasteiger partial charge is 0.313 e. The van der Waals surface area contributed by atoms with Gasteiger partial charge in [0.05, 0.1) is 6.42 Å². The standard InChI is InChI=1S/C19H18N2O4/c1-21(2)19(23)18(13-8-4-3-5-9-13)24-17(22)12-15-14-10-6-7-11-16(14)25-20-15/h3-11,18H,12H2,1-2H3/t18-/m0/s1. The van der Waals surface area contributed by atoms with Crippen LogP contribution in [-0.4, -0.2) is 36.0 Å². The van der Waals surface area contributed by atoms with E-state index in [1.165, 1.54) is 4.90 Å². The molecule has 3 aromatic rings. The van der Waals surface area contributed by atoms with Crippen molar-refractivity contribution in [1.82, 2.24) is 10.1 Å². The number of fused-ring (bicyclic) bond motifs is 1. The van der Waals surface area contributed by atoms with E-state index in [9.17, 15) is 9.59 Å². The number of esters is 1. The lowest BCUT2D eigenvalue weighted by molar-refractivity contribution is -0.159. The number of aromatic nitrogens is 1. The summed E-state index contributed by atoms with van der Waals surface area (Å²) in [6.07, 6.45) is -1.05. The molecule has 6 nitrogen and oxygen atoms in total. The number of rotatable bonds is 5. The van der Waals surface area contributed by atoms with Crippen molar-refractivity contribution < 1.29 is 18.8 Å². The van der Waals surface area contributed by atoms with E-state index >= 15 is 0 Å². The fraction of sp³-hybridized carbons (Fsp3) is 0.211. The largest absolute Gasteiger partial charge is 0.447 e. The molecule has 1 aromatic heterocycles. The number of para-hydroxylation sites is 1. The third-order valence-corrected chi connectivity index (χ3v) is 3.78. The van der Waals surface area contributed by atoms with E-state index in [1.54, 1.807) is 44.4 Å². The molecule has 6 heteroatoms. The Kier molecular flexibility index (Phi) is 4.79. The highest BCUT2D eigenvalue weighted by Gasteiger charge is 2.27. The lowest BCUT2D eigenvalue weighted by Gasteiger charge is -2.21. The molecule has 0 N–H and O–H groups in total. The topological polar surface area (TPSA) is 72.6 Å². The van der Waals surface area contributed by atoms with Gasteiger partial charge in [0, 0.05) is 25.0 Å². The van der Waals surface area contributed by atoms with E-state index in [0.717, 1.165) is 5.39 Å². The number of nitrogens with zero attached hydrogens (tertiary/aromatic N) is 2. The molecule has 0 unspecified atom stereocenters. The number of amides is 1. The van der Waals surface area contributed by atoms with E-state index in [0.29, 0.717) is 16.8 Å². The van der Waals surface area contributed by atoms with Crippen molar-refractivity contribution in [2.24, 2.45) is 0 Å². The molecule has 3 rings (SSSR count). The van der Waals surface area contributed by atoms with Crippen molar-refractivity contribution >= 4 is 22.8 Å². The molecule has 1 amide bonds. The quantitative estimate of drug-likeness (QED) is 0.669. The lowest BCUT2D eigenvalue weighted by Crippen LogP contribution is -2.31. The van der Waals surface area contributed by atoms with Crippen LogP contribution in [0.25, 0.3) is 11.0 Å². The number of carbonyl (C=O) groups is 2. The molecule has 0 radical (unpaired) electrons. The summed E-state index contributed by atoms with van der Waals surface area (Å²) in [5, 5.41) is 4.68. The maximum Gasteiger partial charge on any atom is 0.313 e. The average molecular weight is 338 g/mol. The zero-order valence-corrected chi connectivity index (χ0v) is 14.0. The normalized spacial score (nSPS) is 11.9. The molecule has 0 aliphatic heterocycles. The average Bonchev–Trinajstić information content (AvgIpc) is 3.03. The summed E-state index contributed by atoms with van der Waals surface area (Å²) in [7, 11) is 3.24. The molecule has 25 heavy (non-hydrogen) atoms. The number of hydrogen-bond acceptors (Lipinski definition) is 5. The van der Waals surface area contributed by atoms with Gasteiger partial charge in [-0.3, -0.25) is 9.59 Å². The molecule has 128 valence electrons. The SMILES string of the molecule is CN(C)C(=O)[C@@H](OC(=O)Cc1noc2ccccc12)c1ccccc1. The maximum atomic E-state index is 12.4. The van der Waals surface area contributed by atoms with E-state index < -0.39 is 12.1 Å². The van der Waals surface area contributed by atoms with Gasteiger partial charge in [-0.2, -0.15) is 0 Å². The van der Waals surface area contributed by atoms with E-state index in [2.05, 4.69) is 5.16 Å². The van der Waals surface area contributed by atoms with Gasteiger partial charge in [0.2, 0.25) is 6.10 Å². The van der Waals surface area contributed by atoms with Gasteiger partial charge in [0.25, 0.3) is 5.91 Å². The molecule has 0 aliphatic rings. The molecule has 0 saturated carbocycles. The fourth-order valence-corrected chi connectivity index (χ4v) is 2.50. The van der Waals surface area contributed by atoms with Crippen molar-refractivity contribution in [3.63, 3.8) is 0 Å². The first-order chi connectivity index (χ1) is 12.1. The number of carbonyl (C=O) groups excluding carboxylic acids is 2. The van der Waals surface area contributed by atoms with Crippen molar-refractivity contribution in [1.29, 1.82) is 0 Å². The number of ether oxygens (including phenoxy) is 1. The molecule has 1 heterocycles. The highest BCUT2D eigenvalue weighted by Crippen LogP contribution is 2.22. The first-order valence-electron chi connectivity index (χ1n) is 7.85. The highest BCUT2D eigenvalue weighted by molar-refractivity contribution is 5.87. The fourth-order valence-electron chi connectivity index (χ4n) is 2.50. The van der Waals surface area contributed by atoms with Crippen molar-refractivity contribution in [3.05, 3.63) is 65.9 Å². The van der Waals surface area contributed by atoms with Gasteiger partial charge in [-0.25, -0.2) is 0 Å². The first-order valence-corrected chi connectivity index (χ1v) is 7.85. The Hall–Kier alpha value is -3.15. The van der Waals surface area contributed by atoms with Crippen LogP contribution in [0.1, 0.15) is 17.4 Å². The van der Waals surface area contributed by atoms with Gasteiger partial charge in [-0.15, -0.1) is 0 Å². The molecule has 0 spiro atoms. The van der Waals surface area contributed by atoms with Crippen LogP contribution in [0.15, 0.2) is 59.1 Å². The van der Waals surface area contributed by atoms with Crippen LogP contribution >= 0.6 is 0 Å². The molecule has 0 aliphatic carbocycles. The summed E-state index contributed by atoms with van der Waals surface area (Å²) in [6, 6.07) is 16.2. The summed E-state index contributed by atoms with van der Waals surface area (Å²) < 4.78 is 10.7. The highest BCUT2D eigenvalue weighted by atomic mass is 16.5. The van der Waals surface area contributed by atoms with Crippen molar-refractivity contribution in [2.45, 2.75) is 12.5 Å². The Morgan fingerprint density at radius 2 is 1.76 bits per heavy atom. The van der Waals surface area contributed by atoms with Crippen LogP contribution in [0.4, 0.5) is 0 Å². The Morgan fingerprint density at radius 3 is 2.48 bits per heavy atom. The van der Waals surface area contributed by atoms with Gasteiger partial charge in [0.1, 0.15) is 5.69 Å². The zero-order valence-electron chi connectivity index (χ0n) is 14.0. The van der Waals surface area contributed by atoms with Crippen LogP contribution in [0, 0.1) is 0 Å². The Bertz CT molecular complexity index is 887. The third-order valence-electron chi connectivity index (χ3n) is 3.78. The van der Waals surface area contributed by atoms with E-state index in [1.807, 2.05) is 24.3 Å². The predicted molar refractivity (Wildman–Crippen MR) is 91.7 cm³/mol. The summed E-state index contributed by atoms with van der Waals surface area (Å²) >= 11 is 0. The summed E-state index contributed by atoms with van der Waals surface area (Å²) in [6.45, 7) is 0. The zero-order chi connectivity index (χ0) is 17.8. The molecule has 1 atom stereocenters. The Morgan fingerprint density at radius 1 is 1.08 bits per heavy atom.